The van der Waals surface area contributed by atoms with Crippen molar-refractivity contribution in [3.05, 3.63) is 37.6 Å². The van der Waals surface area contributed by atoms with Crippen molar-refractivity contribution < 1.29 is 4.39 Å². The fraction of sp³-hybridized carbons (Fsp3) is 0.333. The molecule has 2 saturated carbocycles. The van der Waals surface area contributed by atoms with Crippen molar-refractivity contribution in [3.63, 3.8) is 0 Å². The van der Waals surface area contributed by atoms with Crippen LogP contribution in [0.25, 0.3) is 10.9 Å². The average molecular weight is 345 g/mol. The Hall–Kier alpha value is -0.980. The summed E-state index contributed by atoms with van der Waals surface area (Å²) in [5.74, 6) is -0.129. The number of aromatic nitrogens is 2. The molecule has 4 rings (SSSR count). The second-order valence-electron chi connectivity index (χ2n) is 5.39. The van der Waals surface area contributed by atoms with Gasteiger partial charge in [-0.3, -0.25) is 4.79 Å². The molecule has 1 aromatic heterocycles. The number of fused-ring (bicyclic) bond motifs is 2. The lowest BCUT2D eigenvalue weighted by atomic mass is 10.2. The minimum absolute atomic E-state index is 0.0329. The van der Waals surface area contributed by atoms with E-state index in [1.54, 1.807) is 0 Å². The Labute approximate surface area is 120 Å². The summed E-state index contributed by atoms with van der Waals surface area (Å²) in [5.41, 5.74) is 5.18. The number of rotatable bonds is 1. The van der Waals surface area contributed by atoms with Gasteiger partial charge in [0.1, 0.15) is 11.3 Å². The molecule has 4 nitrogen and oxygen atoms in total. The third-order valence-corrected chi connectivity index (χ3v) is 5.53. The van der Waals surface area contributed by atoms with Crippen LogP contribution in [0.15, 0.2) is 15.3 Å². The Morgan fingerprint density at radius 3 is 2.74 bits per heavy atom. The van der Waals surface area contributed by atoms with Gasteiger partial charge in [-0.1, -0.05) is 11.6 Å². The molecule has 2 aliphatic rings. The zero-order chi connectivity index (χ0) is 13.6. The predicted molar refractivity (Wildman–Crippen MR) is 72.9 cm³/mol. The number of aromatic amines is 1. The highest BCUT2D eigenvalue weighted by Crippen LogP contribution is 2.76. The van der Waals surface area contributed by atoms with Crippen LogP contribution in [0.3, 0.4) is 0 Å². The van der Waals surface area contributed by atoms with Gasteiger partial charge in [0.25, 0.3) is 5.56 Å². The van der Waals surface area contributed by atoms with Crippen LogP contribution in [0.1, 0.15) is 18.7 Å². The van der Waals surface area contributed by atoms with E-state index >= 15 is 0 Å². The standard InChI is InChI=1S/C12H8BrClFN3O/c13-6-5(14)1-4-8(7(6)15)17-10(18-9(4)19)11-2-12(11,16)3-11/h1H,2-3,16H2,(H,17,18,19). The van der Waals surface area contributed by atoms with Crippen molar-refractivity contribution in [2.75, 3.05) is 0 Å². The number of nitrogens with two attached hydrogens (primary N) is 1. The Balaban J connectivity index is 2.04. The van der Waals surface area contributed by atoms with Crippen molar-refractivity contribution in [3.8, 4) is 0 Å². The summed E-state index contributed by atoms with van der Waals surface area (Å²) in [6.45, 7) is 0. The van der Waals surface area contributed by atoms with Crippen LogP contribution in [0.2, 0.25) is 5.02 Å². The predicted octanol–water partition coefficient (Wildman–Crippen LogP) is 2.22. The van der Waals surface area contributed by atoms with E-state index in [4.69, 9.17) is 17.3 Å². The van der Waals surface area contributed by atoms with Crippen molar-refractivity contribution in [1.82, 2.24) is 9.97 Å². The highest BCUT2D eigenvalue weighted by atomic mass is 79.9. The fourth-order valence-corrected chi connectivity index (χ4v) is 3.24. The number of hydrogen-bond donors (Lipinski definition) is 2. The second-order valence-corrected chi connectivity index (χ2v) is 6.59. The Kier molecular flexibility index (Phi) is 1.98. The van der Waals surface area contributed by atoms with E-state index < -0.39 is 5.82 Å². The van der Waals surface area contributed by atoms with E-state index in [2.05, 4.69) is 25.9 Å². The molecule has 0 bridgehead atoms. The third kappa shape index (κ3) is 1.32. The minimum Gasteiger partial charge on any atom is -0.324 e. The van der Waals surface area contributed by atoms with Crippen LogP contribution in [-0.2, 0) is 5.41 Å². The van der Waals surface area contributed by atoms with E-state index in [0.717, 1.165) is 12.8 Å². The fourth-order valence-electron chi connectivity index (χ4n) is 2.75. The van der Waals surface area contributed by atoms with Crippen LogP contribution in [0.5, 0.6) is 0 Å². The Morgan fingerprint density at radius 1 is 1.53 bits per heavy atom. The monoisotopic (exact) mass is 343 g/mol. The van der Waals surface area contributed by atoms with Gasteiger partial charge in [-0.25, -0.2) is 9.37 Å². The molecule has 2 fully saturated rings. The number of halogens is 3. The van der Waals surface area contributed by atoms with Crippen LogP contribution in [0.4, 0.5) is 4.39 Å². The lowest BCUT2D eigenvalue weighted by Crippen LogP contribution is -2.16. The molecule has 0 atom stereocenters. The summed E-state index contributed by atoms with van der Waals surface area (Å²) < 4.78 is 14.3. The number of nitrogens with one attached hydrogen (secondary N) is 1. The first-order chi connectivity index (χ1) is 8.88. The first kappa shape index (κ1) is 11.8. The Bertz CT molecular complexity index is 813. The van der Waals surface area contributed by atoms with Crippen molar-refractivity contribution in [1.29, 1.82) is 0 Å². The van der Waals surface area contributed by atoms with Crippen LogP contribution < -0.4 is 11.3 Å². The molecular weight excluding hydrogens is 337 g/mol. The van der Waals surface area contributed by atoms with Gasteiger partial charge in [0.05, 0.1) is 20.3 Å². The van der Waals surface area contributed by atoms with Gasteiger partial charge in [-0.15, -0.1) is 0 Å². The van der Waals surface area contributed by atoms with Gasteiger partial charge in [0.15, 0.2) is 5.82 Å². The maximum absolute atomic E-state index is 14.2. The van der Waals surface area contributed by atoms with Crippen molar-refractivity contribution in [2.45, 2.75) is 23.8 Å². The SMILES string of the molecule is NC12CC1(c1nc3c(F)c(Br)c(Cl)cc3c(=O)[nH]1)C2. The van der Waals surface area contributed by atoms with Crippen LogP contribution in [0, 0.1) is 5.82 Å². The van der Waals surface area contributed by atoms with E-state index in [1.165, 1.54) is 6.07 Å². The summed E-state index contributed by atoms with van der Waals surface area (Å²) in [6.07, 6.45) is 1.59. The molecule has 7 heteroatoms. The molecule has 0 saturated heterocycles. The molecule has 0 aliphatic heterocycles. The number of benzene rings is 1. The van der Waals surface area contributed by atoms with E-state index in [0.29, 0.717) is 5.82 Å². The molecule has 19 heavy (non-hydrogen) atoms. The van der Waals surface area contributed by atoms with Crippen LogP contribution >= 0.6 is 27.5 Å². The smallest absolute Gasteiger partial charge is 0.258 e. The molecule has 1 aromatic carbocycles. The molecule has 3 N–H and O–H groups in total. The molecule has 0 amide bonds. The maximum atomic E-state index is 14.2. The van der Waals surface area contributed by atoms with Gasteiger partial charge >= 0.3 is 0 Å². The Morgan fingerprint density at radius 2 is 2.16 bits per heavy atom. The van der Waals surface area contributed by atoms with Gasteiger partial charge in [0, 0.05) is 5.54 Å². The minimum atomic E-state index is -0.616. The van der Waals surface area contributed by atoms with E-state index in [9.17, 15) is 9.18 Å². The first-order valence-electron chi connectivity index (χ1n) is 5.75. The topological polar surface area (TPSA) is 71.8 Å². The first-order valence-corrected chi connectivity index (χ1v) is 6.92. The second kappa shape index (κ2) is 3.19. The molecule has 1 heterocycles. The normalized spacial score (nSPS) is 31.4. The quantitative estimate of drug-likeness (QED) is 0.779. The highest BCUT2D eigenvalue weighted by Gasteiger charge is 2.83. The zero-order valence-electron chi connectivity index (χ0n) is 9.56. The van der Waals surface area contributed by atoms with E-state index in [-0.39, 0.29) is 36.9 Å². The molecule has 98 valence electrons. The van der Waals surface area contributed by atoms with Crippen molar-refractivity contribution >= 4 is 38.4 Å². The summed E-state index contributed by atoms with van der Waals surface area (Å²) in [5, 5.41) is 0.295. The number of H-pyrrole nitrogens is 1. The summed E-state index contributed by atoms with van der Waals surface area (Å²) in [6, 6.07) is 1.41. The maximum Gasteiger partial charge on any atom is 0.258 e. The largest absolute Gasteiger partial charge is 0.324 e. The van der Waals surface area contributed by atoms with Crippen molar-refractivity contribution in [2.24, 2.45) is 5.73 Å². The molecule has 0 unspecified atom stereocenters. The van der Waals surface area contributed by atoms with Gasteiger partial charge in [-0.2, -0.15) is 0 Å². The summed E-state index contributed by atoms with van der Waals surface area (Å²) in [4.78, 5) is 19.0. The molecule has 2 aromatic rings. The number of hydrogen-bond acceptors (Lipinski definition) is 3. The molecule has 0 spiro atoms. The highest BCUT2D eigenvalue weighted by molar-refractivity contribution is 9.10. The molecule has 0 radical (unpaired) electrons. The van der Waals surface area contributed by atoms with E-state index in [1.807, 2.05) is 0 Å². The van der Waals surface area contributed by atoms with Gasteiger partial charge in [0.2, 0.25) is 0 Å². The van der Waals surface area contributed by atoms with Crippen LogP contribution in [-0.4, -0.2) is 15.5 Å². The average Bonchev–Trinajstić information content (AvgIpc) is 3.13. The molecule has 2 aliphatic carbocycles. The number of nitrogens with zero attached hydrogens (tertiary/aromatic N) is 1. The lowest BCUT2D eigenvalue weighted by Gasteiger charge is -2.07. The summed E-state index contributed by atoms with van der Waals surface area (Å²) >= 11 is 8.90. The van der Waals surface area contributed by atoms with Gasteiger partial charge in [-0.05, 0) is 34.8 Å². The lowest BCUT2D eigenvalue weighted by molar-refractivity contribution is 0.627. The summed E-state index contributed by atoms with van der Waals surface area (Å²) in [7, 11) is 0. The zero-order valence-corrected chi connectivity index (χ0v) is 11.9. The van der Waals surface area contributed by atoms with Gasteiger partial charge < -0.3 is 10.7 Å². The molecular formula is C12H8BrClFN3O. The third-order valence-electron chi connectivity index (χ3n) is 4.23.